The molecule has 2 aliphatic rings. The van der Waals surface area contributed by atoms with Crippen molar-refractivity contribution < 1.29 is 23.1 Å². The molecule has 1 aromatic carbocycles. The van der Waals surface area contributed by atoms with E-state index >= 15 is 0 Å². The Kier molecular flexibility index (Phi) is 5.40. The molecule has 0 bridgehead atoms. The number of nitrogens with zero attached hydrogens (tertiary/aromatic N) is 2. The number of carbonyl (C=O) groups is 2. The van der Waals surface area contributed by atoms with Gasteiger partial charge in [0.05, 0.1) is 24.7 Å². The highest BCUT2D eigenvalue weighted by molar-refractivity contribution is 7.91. The molecule has 1 aromatic rings. The minimum absolute atomic E-state index is 0.0240. The van der Waals surface area contributed by atoms with Gasteiger partial charge in [-0.05, 0) is 17.7 Å². The van der Waals surface area contributed by atoms with Crippen LogP contribution in [0.3, 0.4) is 0 Å². The third-order valence-electron chi connectivity index (χ3n) is 4.41. The summed E-state index contributed by atoms with van der Waals surface area (Å²) in [4.78, 5) is 26.9. The number of imide groups is 1. The molecule has 0 unspecified atom stereocenters. The largest absolute Gasteiger partial charge is 0.395 e. The first-order valence-corrected chi connectivity index (χ1v) is 10.2. The summed E-state index contributed by atoms with van der Waals surface area (Å²) in [6.07, 6.45) is 1.22. The van der Waals surface area contributed by atoms with Crippen molar-refractivity contribution in [2.45, 2.75) is 6.54 Å². The molecule has 3 rings (SSSR count). The summed E-state index contributed by atoms with van der Waals surface area (Å²) in [7, 11) is -2.88. The van der Waals surface area contributed by atoms with Gasteiger partial charge in [0.15, 0.2) is 9.84 Å². The van der Waals surface area contributed by atoms with E-state index in [4.69, 9.17) is 5.11 Å². The number of nitrogens with one attached hydrogen (secondary N) is 1. The quantitative estimate of drug-likeness (QED) is 0.646. The zero-order valence-electron chi connectivity index (χ0n) is 14.2. The number of aliphatic hydroxyl groups excluding tert-OH is 1. The highest BCUT2D eigenvalue weighted by Gasteiger charge is 2.30. The Labute approximate surface area is 152 Å². The molecule has 0 spiro atoms. The highest BCUT2D eigenvalue weighted by Crippen LogP contribution is 2.18. The third kappa shape index (κ3) is 4.29. The van der Waals surface area contributed by atoms with Crippen LogP contribution in [0, 0.1) is 0 Å². The van der Waals surface area contributed by atoms with Crippen LogP contribution in [0.25, 0.3) is 0 Å². The van der Waals surface area contributed by atoms with Crippen LogP contribution in [0.15, 0.2) is 36.0 Å². The molecule has 9 heteroatoms. The van der Waals surface area contributed by atoms with Crippen LogP contribution < -0.4 is 5.32 Å². The monoisotopic (exact) mass is 379 g/mol. The number of hydrogen-bond donors (Lipinski definition) is 2. The van der Waals surface area contributed by atoms with Crippen molar-refractivity contribution in [2.24, 2.45) is 0 Å². The number of benzene rings is 1. The lowest BCUT2D eigenvalue weighted by molar-refractivity contribution is -0.137. The first-order valence-electron chi connectivity index (χ1n) is 8.35. The Morgan fingerprint density at radius 1 is 1.08 bits per heavy atom. The summed E-state index contributed by atoms with van der Waals surface area (Å²) in [6.45, 7) is 1.44. The molecule has 26 heavy (non-hydrogen) atoms. The van der Waals surface area contributed by atoms with E-state index < -0.39 is 21.7 Å². The van der Waals surface area contributed by atoms with Crippen LogP contribution in [-0.2, 0) is 26.0 Å². The van der Waals surface area contributed by atoms with Crippen molar-refractivity contribution in [3.63, 3.8) is 0 Å². The molecule has 0 atom stereocenters. The molecular formula is C17H21N3O5S. The second kappa shape index (κ2) is 7.56. The number of sulfone groups is 1. The van der Waals surface area contributed by atoms with Crippen LogP contribution in [0.4, 0.5) is 5.69 Å². The molecule has 0 aliphatic carbocycles. The summed E-state index contributed by atoms with van der Waals surface area (Å²) in [5.41, 5.74) is 1.89. The number of rotatable bonds is 6. The van der Waals surface area contributed by atoms with Crippen molar-refractivity contribution in [3.05, 3.63) is 41.6 Å². The number of hydrogen-bond acceptors (Lipinski definition) is 7. The molecule has 2 amide bonds. The van der Waals surface area contributed by atoms with Crippen molar-refractivity contribution in [1.29, 1.82) is 0 Å². The Hall–Kier alpha value is -2.23. The van der Waals surface area contributed by atoms with Gasteiger partial charge in [0, 0.05) is 31.4 Å². The van der Waals surface area contributed by atoms with Crippen molar-refractivity contribution in [3.8, 4) is 0 Å². The maximum atomic E-state index is 12.1. The van der Waals surface area contributed by atoms with E-state index in [1.165, 1.54) is 6.08 Å². The summed E-state index contributed by atoms with van der Waals surface area (Å²) >= 11 is 0. The van der Waals surface area contributed by atoms with E-state index in [9.17, 15) is 18.0 Å². The molecule has 2 aliphatic heterocycles. The second-order valence-corrected chi connectivity index (χ2v) is 8.63. The van der Waals surface area contributed by atoms with Gasteiger partial charge < -0.3 is 10.4 Å². The number of amides is 2. The fraction of sp³-hybridized carbons (Fsp3) is 0.412. The average Bonchev–Trinajstić information content (AvgIpc) is 2.86. The topological polar surface area (TPSA) is 107 Å². The lowest BCUT2D eigenvalue weighted by Gasteiger charge is -2.26. The Balaban J connectivity index is 1.58. The zero-order chi connectivity index (χ0) is 18.7. The van der Waals surface area contributed by atoms with Crippen LogP contribution in [0.5, 0.6) is 0 Å². The van der Waals surface area contributed by atoms with E-state index in [0.29, 0.717) is 25.3 Å². The summed E-state index contributed by atoms with van der Waals surface area (Å²) in [6, 6.07) is 7.42. The van der Waals surface area contributed by atoms with Crippen LogP contribution in [0.2, 0.25) is 0 Å². The minimum Gasteiger partial charge on any atom is -0.395 e. The average molecular weight is 379 g/mol. The summed E-state index contributed by atoms with van der Waals surface area (Å²) in [5.74, 6) is -0.506. The first-order chi connectivity index (χ1) is 12.4. The molecule has 2 N–H and O–H groups in total. The molecule has 8 nitrogen and oxygen atoms in total. The van der Waals surface area contributed by atoms with Gasteiger partial charge in [0.1, 0.15) is 5.70 Å². The lowest BCUT2D eigenvalue weighted by Crippen LogP contribution is -2.39. The predicted molar refractivity (Wildman–Crippen MR) is 95.9 cm³/mol. The van der Waals surface area contributed by atoms with Gasteiger partial charge in [-0.15, -0.1) is 0 Å². The number of aliphatic hydroxyl groups is 1. The minimum atomic E-state index is -2.88. The molecule has 0 aromatic heterocycles. The van der Waals surface area contributed by atoms with Gasteiger partial charge in [-0.3, -0.25) is 19.4 Å². The number of β-amino-alcohol motifs (C(OH)–C–C–N with tert-alkyl or cyclic N) is 1. The SMILES string of the molecule is O=C1C=C(Nc2ccc(CN3CCS(=O)(=O)CC3)cc2)C(=O)N1CCO. The maximum Gasteiger partial charge on any atom is 0.277 e. The summed E-state index contributed by atoms with van der Waals surface area (Å²) < 4.78 is 22.9. The molecule has 2 heterocycles. The smallest absolute Gasteiger partial charge is 0.277 e. The van der Waals surface area contributed by atoms with Gasteiger partial charge in [-0.25, -0.2) is 8.42 Å². The van der Waals surface area contributed by atoms with E-state index in [0.717, 1.165) is 10.5 Å². The zero-order valence-corrected chi connectivity index (χ0v) is 15.0. The predicted octanol–water partition coefficient (Wildman–Crippen LogP) is -0.426. The Bertz CT molecular complexity index is 818. The van der Waals surface area contributed by atoms with E-state index in [2.05, 4.69) is 10.2 Å². The molecular weight excluding hydrogens is 358 g/mol. The first kappa shape index (κ1) is 18.6. The van der Waals surface area contributed by atoms with Crippen molar-refractivity contribution >= 4 is 27.3 Å². The molecule has 1 fully saturated rings. The normalized spacial score (nSPS) is 20.3. The number of anilines is 1. The van der Waals surface area contributed by atoms with E-state index in [1.807, 2.05) is 24.3 Å². The van der Waals surface area contributed by atoms with Gasteiger partial charge in [-0.1, -0.05) is 12.1 Å². The van der Waals surface area contributed by atoms with Crippen molar-refractivity contribution in [2.75, 3.05) is 43.1 Å². The Morgan fingerprint density at radius 3 is 2.35 bits per heavy atom. The van der Waals surface area contributed by atoms with Gasteiger partial charge in [-0.2, -0.15) is 0 Å². The molecule has 1 saturated heterocycles. The lowest BCUT2D eigenvalue weighted by atomic mass is 10.2. The summed E-state index contributed by atoms with van der Waals surface area (Å²) in [5, 5.41) is 11.8. The number of carbonyl (C=O) groups excluding carboxylic acids is 2. The van der Waals surface area contributed by atoms with Crippen molar-refractivity contribution in [1.82, 2.24) is 9.80 Å². The third-order valence-corrected chi connectivity index (χ3v) is 6.02. The van der Waals surface area contributed by atoms with Gasteiger partial charge in [0.2, 0.25) is 0 Å². The Morgan fingerprint density at radius 2 is 1.73 bits per heavy atom. The van der Waals surface area contributed by atoms with Crippen LogP contribution in [0.1, 0.15) is 5.56 Å². The molecule has 140 valence electrons. The maximum absolute atomic E-state index is 12.1. The molecule has 0 radical (unpaired) electrons. The van der Waals surface area contributed by atoms with E-state index in [1.54, 1.807) is 0 Å². The van der Waals surface area contributed by atoms with Gasteiger partial charge >= 0.3 is 0 Å². The second-order valence-electron chi connectivity index (χ2n) is 6.33. The fourth-order valence-electron chi connectivity index (χ4n) is 2.93. The van der Waals surface area contributed by atoms with Crippen LogP contribution in [-0.4, -0.2) is 72.9 Å². The highest BCUT2D eigenvalue weighted by atomic mass is 32.2. The van der Waals surface area contributed by atoms with Gasteiger partial charge in [0.25, 0.3) is 11.8 Å². The standard InChI is InChI=1S/C17H21N3O5S/c21-8-5-20-16(22)11-15(17(20)23)18-14-3-1-13(2-4-14)12-19-6-9-26(24,25)10-7-19/h1-4,11,18,21H,5-10,12H2. The van der Waals surface area contributed by atoms with Crippen LogP contribution >= 0.6 is 0 Å². The fourth-order valence-corrected chi connectivity index (χ4v) is 4.20. The molecule has 0 saturated carbocycles. The van der Waals surface area contributed by atoms with E-state index in [-0.39, 0.29) is 30.4 Å².